The summed E-state index contributed by atoms with van der Waals surface area (Å²) in [5, 5.41) is 3.30. The Bertz CT molecular complexity index is 552. The fourth-order valence-corrected chi connectivity index (χ4v) is 2.30. The molecule has 0 unspecified atom stereocenters. The molecule has 0 heterocycles. The van der Waals surface area contributed by atoms with Gasteiger partial charge in [0.2, 0.25) is 0 Å². The highest BCUT2D eigenvalue weighted by molar-refractivity contribution is 7.80. The Balaban J connectivity index is 1.82. The molecule has 2 aromatic rings. The summed E-state index contributed by atoms with van der Waals surface area (Å²) in [4.78, 5) is 0. The van der Waals surface area contributed by atoms with Crippen molar-refractivity contribution in [2.75, 3.05) is 0 Å². The molecule has 0 spiro atoms. The van der Waals surface area contributed by atoms with Gasteiger partial charge in [-0.3, -0.25) is 0 Å². The second-order valence-electron chi connectivity index (χ2n) is 4.52. The second kappa shape index (κ2) is 4.46. The molecular formula is C15H14OS. The van der Waals surface area contributed by atoms with Crippen LogP contribution in [0.25, 0.3) is 10.8 Å². The van der Waals surface area contributed by atoms with E-state index < -0.39 is 0 Å². The number of rotatable bonds is 3. The van der Waals surface area contributed by atoms with Gasteiger partial charge in [0.25, 0.3) is 0 Å². The molecule has 2 aromatic carbocycles. The van der Waals surface area contributed by atoms with Crippen LogP contribution in [0.3, 0.4) is 0 Å². The summed E-state index contributed by atoms with van der Waals surface area (Å²) < 4.78 is 5.69. The zero-order valence-corrected chi connectivity index (χ0v) is 10.4. The van der Waals surface area contributed by atoms with Crippen molar-refractivity contribution >= 4 is 28.0 Å². The van der Waals surface area contributed by atoms with Crippen molar-refractivity contribution in [1.82, 2.24) is 0 Å². The van der Waals surface area contributed by atoms with Crippen LogP contribution in [0.4, 0.5) is 0 Å². The molecule has 1 saturated carbocycles. The summed E-state index contributed by atoms with van der Waals surface area (Å²) in [7, 11) is 0. The number of benzene rings is 2. The first-order valence-corrected chi connectivity index (χ1v) is 6.39. The van der Waals surface area contributed by atoms with Crippen LogP contribution in [-0.4, -0.2) is 5.05 Å². The summed E-state index contributed by atoms with van der Waals surface area (Å²) in [6.07, 6.45) is 2.41. The van der Waals surface area contributed by atoms with Gasteiger partial charge < -0.3 is 4.74 Å². The summed E-state index contributed by atoms with van der Waals surface area (Å²) in [5.74, 6) is 0.542. The number of ether oxygens (including phenoxy) is 1. The van der Waals surface area contributed by atoms with Crippen LogP contribution in [-0.2, 0) is 11.3 Å². The van der Waals surface area contributed by atoms with Crippen LogP contribution in [0.2, 0.25) is 0 Å². The molecule has 1 aliphatic carbocycles. The van der Waals surface area contributed by atoms with Gasteiger partial charge in [-0.25, -0.2) is 0 Å². The van der Waals surface area contributed by atoms with Gasteiger partial charge in [-0.2, -0.15) is 0 Å². The predicted molar refractivity (Wildman–Crippen MR) is 74.1 cm³/mol. The largest absolute Gasteiger partial charge is 0.482 e. The minimum atomic E-state index is 0.542. The molecule has 1 aliphatic rings. The lowest BCUT2D eigenvalue weighted by molar-refractivity contribution is 0.291. The molecule has 0 aliphatic heterocycles. The maximum absolute atomic E-state index is 5.69. The van der Waals surface area contributed by atoms with Gasteiger partial charge in [-0.15, -0.1) is 0 Å². The molecule has 1 nitrogen and oxygen atoms in total. The fourth-order valence-electron chi connectivity index (χ4n) is 2.00. The van der Waals surface area contributed by atoms with Crippen LogP contribution in [0, 0.1) is 5.92 Å². The smallest absolute Gasteiger partial charge is 0.163 e. The summed E-state index contributed by atoms with van der Waals surface area (Å²) >= 11 is 5.24. The van der Waals surface area contributed by atoms with Gasteiger partial charge in [0.15, 0.2) is 5.05 Å². The monoisotopic (exact) mass is 242 g/mol. The Labute approximate surface area is 106 Å². The standard InChI is InChI=1S/C15H14OS/c17-15(12-8-9-12)16-10-13-6-3-5-11-4-1-2-7-14(11)13/h1-7,12H,8-10H2. The van der Waals surface area contributed by atoms with Crippen molar-refractivity contribution in [2.24, 2.45) is 5.92 Å². The molecule has 0 atom stereocenters. The molecule has 86 valence electrons. The van der Waals surface area contributed by atoms with Crippen molar-refractivity contribution in [3.63, 3.8) is 0 Å². The third-order valence-corrected chi connectivity index (χ3v) is 3.61. The Hall–Kier alpha value is -1.41. The topological polar surface area (TPSA) is 9.23 Å². The van der Waals surface area contributed by atoms with Gasteiger partial charge in [-0.1, -0.05) is 42.5 Å². The highest BCUT2D eigenvalue weighted by Crippen LogP contribution is 2.31. The maximum Gasteiger partial charge on any atom is 0.163 e. The average molecular weight is 242 g/mol. The zero-order valence-electron chi connectivity index (χ0n) is 9.56. The molecule has 3 rings (SSSR count). The third kappa shape index (κ3) is 2.32. The average Bonchev–Trinajstić information content (AvgIpc) is 3.20. The van der Waals surface area contributed by atoms with Gasteiger partial charge in [-0.05, 0) is 41.4 Å². The molecule has 17 heavy (non-hydrogen) atoms. The van der Waals surface area contributed by atoms with E-state index in [4.69, 9.17) is 17.0 Å². The molecule has 2 heteroatoms. The summed E-state index contributed by atoms with van der Waals surface area (Å²) in [5.41, 5.74) is 1.21. The third-order valence-electron chi connectivity index (χ3n) is 3.16. The van der Waals surface area contributed by atoms with Gasteiger partial charge in [0.1, 0.15) is 6.61 Å². The molecule has 0 saturated heterocycles. The molecule has 1 fully saturated rings. The lowest BCUT2D eigenvalue weighted by Crippen LogP contribution is -2.04. The van der Waals surface area contributed by atoms with Gasteiger partial charge in [0, 0.05) is 5.92 Å². The van der Waals surface area contributed by atoms with Crippen LogP contribution in [0.5, 0.6) is 0 Å². The number of hydrogen-bond acceptors (Lipinski definition) is 2. The fraction of sp³-hybridized carbons (Fsp3) is 0.267. The zero-order chi connectivity index (χ0) is 11.7. The summed E-state index contributed by atoms with van der Waals surface area (Å²) in [6, 6.07) is 14.7. The van der Waals surface area contributed by atoms with E-state index in [1.165, 1.54) is 29.2 Å². The first-order valence-electron chi connectivity index (χ1n) is 5.98. The van der Waals surface area contributed by atoms with E-state index in [-0.39, 0.29) is 0 Å². The van der Waals surface area contributed by atoms with Crippen molar-refractivity contribution in [3.05, 3.63) is 48.0 Å². The molecule has 0 N–H and O–H groups in total. The lowest BCUT2D eigenvalue weighted by Gasteiger charge is -2.09. The minimum Gasteiger partial charge on any atom is -0.482 e. The quantitative estimate of drug-likeness (QED) is 0.750. The first-order chi connectivity index (χ1) is 8.34. The number of fused-ring (bicyclic) bond motifs is 1. The van der Waals surface area contributed by atoms with E-state index in [0.717, 1.165) is 5.05 Å². The highest BCUT2D eigenvalue weighted by Gasteiger charge is 2.27. The Kier molecular flexibility index (Phi) is 2.81. The first kappa shape index (κ1) is 10.7. The van der Waals surface area contributed by atoms with Crippen molar-refractivity contribution in [3.8, 4) is 0 Å². The Morgan fingerprint density at radius 3 is 2.71 bits per heavy atom. The minimum absolute atomic E-state index is 0.542. The molecule has 0 radical (unpaired) electrons. The van der Waals surface area contributed by atoms with Gasteiger partial charge in [0.05, 0.1) is 0 Å². The van der Waals surface area contributed by atoms with Crippen molar-refractivity contribution in [1.29, 1.82) is 0 Å². The highest BCUT2D eigenvalue weighted by atomic mass is 32.1. The Morgan fingerprint density at radius 1 is 1.12 bits per heavy atom. The molecular weight excluding hydrogens is 228 g/mol. The lowest BCUT2D eigenvalue weighted by atomic mass is 10.1. The van der Waals surface area contributed by atoms with E-state index in [1.54, 1.807) is 0 Å². The van der Waals surface area contributed by atoms with Crippen LogP contribution in [0.1, 0.15) is 18.4 Å². The molecule has 0 amide bonds. The molecule has 0 bridgehead atoms. The van der Waals surface area contributed by atoms with E-state index in [2.05, 4.69) is 42.5 Å². The van der Waals surface area contributed by atoms with Crippen LogP contribution < -0.4 is 0 Å². The second-order valence-corrected chi connectivity index (χ2v) is 4.92. The van der Waals surface area contributed by atoms with E-state index >= 15 is 0 Å². The SMILES string of the molecule is S=C(OCc1cccc2ccccc12)C1CC1. The van der Waals surface area contributed by atoms with E-state index in [0.29, 0.717) is 12.5 Å². The van der Waals surface area contributed by atoms with Crippen LogP contribution >= 0.6 is 12.2 Å². The summed E-state index contributed by atoms with van der Waals surface area (Å²) in [6.45, 7) is 0.594. The number of thiocarbonyl (C=S) groups is 1. The number of hydrogen-bond donors (Lipinski definition) is 0. The van der Waals surface area contributed by atoms with Gasteiger partial charge >= 0.3 is 0 Å². The molecule has 0 aromatic heterocycles. The normalized spacial score (nSPS) is 14.8. The predicted octanol–water partition coefficient (Wildman–Crippen LogP) is 4.09. The van der Waals surface area contributed by atoms with Crippen molar-refractivity contribution < 1.29 is 4.74 Å². The van der Waals surface area contributed by atoms with E-state index in [9.17, 15) is 0 Å². The van der Waals surface area contributed by atoms with Crippen LogP contribution in [0.15, 0.2) is 42.5 Å². The van der Waals surface area contributed by atoms with Crippen molar-refractivity contribution in [2.45, 2.75) is 19.4 Å². The Morgan fingerprint density at radius 2 is 1.88 bits per heavy atom. The maximum atomic E-state index is 5.69. The van der Waals surface area contributed by atoms with E-state index in [1.807, 2.05) is 0 Å².